The van der Waals surface area contributed by atoms with Crippen LogP contribution in [0.15, 0.2) is 72.6 Å². The van der Waals surface area contributed by atoms with Crippen LogP contribution in [0.1, 0.15) is 55.0 Å². The van der Waals surface area contributed by atoms with Crippen molar-refractivity contribution in [1.29, 1.82) is 0 Å². The van der Waals surface area contributed by atoms with Crippen molar-refractivity contribution in [1.82, 2.24) is 4.98 Å². The molecule has 1 aliphatic heterocycles. The van der Waals surface area contributed by atoms with Crippen LogP contribution in [-0.4, -0.2) is 28.4 Å². The number of carbonyl (C=O) groups excluding carboxylic acids is 2. The molecule has 1 amide bonds. The molecule has 4 rings (SSSR count). The first kappa shape index (κ1) is 23.2. The number of aliphatic hydroxyl groups excluding tert-OH is 1. The van der Waals surface area contributed by atoms with Crippen LogP contribution >= 0.6 is 0 Å². The first-order valence-corrected chi connectivity index (χ1v) is 11.4. The Morgan fingerprint density at radius 2 is 1.74 bits per heavy atom. The van der Waals surface area contributed by atoms with Crippen LogP contribution in [0.2, 0.25) is 0 Å². The summed E-state index contributed by atoms with van der Waals surface area (Å²) in [6.07, 6.45) is 3.22. The van der Waals surface area contributed by atoms with E-state index in [1.807, 2.05) is 58.0 Å². The average molecular weight is 457 g/mol. The second-order valence-corrected chi connectivity index (χ2v) is 8.63. The molecule has 0 saturated carbocycles. The standard InChI is InChI=1S/C28H28N2O4/c1-5-34-23-11-8-20(16-22(23)17(2)3)26(31)24-25(19-12-14-29-15-13-19)30(28(33)27(24)32)21-9-6-18(4)7-10-21/h6-17,25,31H,5H2,1-4H3/b26-24-. The van der Waals surface area contributed by atoms with Gasteiger partial charge in [0.05, 0.1) is 18.2 Å². The minimum atomic E-state index is -0.778. The van der Waals surface area contributed by atoms with Crippen molar-refractivity contribution < 1.29 is 19.4 Å². The third-order valence-electron chi connectivity index (χ3n) is 5.98. The zero-order valence-corrected chi connectivity index (χ0v) is 19.8. The van der Waals surface area contributed by atoms with E-state index < -0.39 is 17.7 Å². The number of Topliss-reactive ketones (excluding diaryl/α,β-unsaturated/α-hetero) is 1. The number of carbonyl (C=O) groups is 2. The van der Waals surface area contributed by atoms with Gasteiger partial charge in [-0.05, 0) is 73.4 Å². The Hall–Kier alpha value is -3.93. The van der Waals surface area contributed by atoms with Gasteiger partial charge >= 0.3 is 0 Å². The summed E-state index contributed by atoms with van der Waals surface area (Å²) >= 11 is 0. The Labute approximate surface area is 199 Å². The van der Waals surface area contributed by atoms with Gasteiger partial charge in [0, 0.05) is 23.6 Å². The van der Waals surface area contributed by atoms with Gasteiger partial charge in [-0.25, -0.2) is 0 Å². The van der Waals surface area contributed by atoms with E-state index in [-0.39, 0.29) is 17.3 Å². The van der Waals surface area contributed by atoms with E-state index >= 15 is 0 Å². The lowest BCUT2D eigenvalue weighted by Gasteiger charge is -2.25. The Balaban J connectivity index is 1.91. The minimum Gasteiger partial charge on any atom is -0.507 e. The molecule has 3 aromatic rings. The third kappa shape index (κ3) is 4.19. The van der Waals surface area contributed by atoms with Crippen molar-refractivity contribution in [2.24, 2.45) is 0 Å². The topological polar surface area (TPSA) is 79.7 Å². The van der Waals surface area contributed by atoms with E-state index in [2.05, 4.69) is 4.98 Å². The molecule has 1 unspecified atom stereocenters. The van der Waals surface area contributed by atoms with Crippen LogP contribution in [-0.2, 0) is 9.59 Å². The molecule has 6 heteroatoms. The Kier molecular flexibility index (Phi) is 6.50. The molecule has 2 aromatic carbocycles. The van der Waals surface area contributed by atoms with Gasteiger partial charge in [0.25, 0.3) is 11.7 Å². The van der Waals surface area contributed by atoms with Crippen LogP contribution in [0.5, 0.6) is 5.75 Å². The van der Waals surface area contributed by atoms with Crippen molar-refractivity contribution >= 4 is 23.1 Å². The maximum atomic E-state index is 13.3. The number of aliphatic hydroxyl groups is 1. The number of ketones is 1. The quantitative estimate of drug-likeness (QED) is 0.299. The van der Waals surface area contributed by atoms with E-state index in [9.17, 15) is 14.7 Å². The highest BCUT2D eigenvalue weighted by Gasteiger charge is 2.47. The average Bonchev–Trinajstić information content (AvgIpc) is 3.10. The van der Waals surface area contributed by atoms with Crippen molar-refractivity contribution in [3.05, 3.63) is 94.8 Å². The largest absolute Gasteiger partial charge is 0.507 e. The van der Waals surface area contributed by atoms with Crippen molar-refractivity contribution in [2.45, 2.75) is 39.7 Å². The molecule has 0 bridgehead atoms. The fourth-order valence-corrected chi connectivity index (χ4v) is 4.25. The van der Waals surface area contributed by atoms with E-state index in [0.717, 1.165) is 16.9 Å². The number of nitrogens with zero attached hydrogens (tertiary/aromatic N) is 2. The summed E-state index contributed by atoms with van der Waals surface area (Å²) in [5.41, 5.74) is 3.74. The number of anilines is 1. The molecule has 34 heavy (non-hydrogen) atoms. The predicted octanol–water partition coefficient (Wildman–Crippen LogP) is 5.54. The van der Waals surface area contributed by atoms with Crippen molar-refractivity contribution in [3.8, 4) is 5.75 Å². The number of hydrogen-bond donors (Lipinski definition) is 1. The number of aromatic nitrogens is 1. The lowest BCUT2D eigenvalue weighted by Crippen LogP contribution is -2.29. The first-order chi connectivity index (χ1) is 16.3. The van der Waals surface area contributed by atoms with E-state index in [1.54, 1.807) is 36.7 Å². The van der Waals surface area contributed by atoms with Gasteiger partial charge in [0.2, 0.25) is 0 Å². The zero-order chi connectivity index (χ0) is 24.4. The van der Waals surface area contributed by atoms with Gasteiger partial charge < -0.3 is 9.84 Å². The molecule has 1 saturated heterocycles. The highest BCUT2D eigenvalue weighted by atomic mass is 16.5. The van der Waals surface area contributed by atoms with Gasteiger partial charge in [0.15, 0.2) is 0 Å². The molecular weight excluding hydrogens is 428 g/mol. The molecule has 174 valence electrons. The van der Waals surface area contributed by atoms with Crippen molar-refractivity contribution in [3.63, 3.8) is 0 Å². The molecular formula is C28H28N2O4. The molecule has 2 heterocycles. The van der Waals surface area contributed by atoms with Gasteiger partial charge in [-0.1, -0.05) is 31.5 Å². The van der Waals surface area contributed by atoms with Gasteiger partial charge in [0.1, 0.15) is 11.5 Å². The molecule has 0 radical (unpaired) electrons. The molecule has 1 N–H and O–H groups in total. The Morgan fingerprint density at radius 3 is 2.35 bits per heavy atom. The van der Waals surface area contributed by atoms with Crippen LogP contribution in [0.4, 0.5) is 5.69 Å². The number of hydrogen-bond acceptors (Lipinski definition) is 5. The second-order valence-electron chi connectivity index (χ2n) is 8.63. The summed E-state index contributed by atoms with van der Waals surface area (Å²) in [4.78, 5) is 32.0. The maximum absolute atomic E-state index is 13.3. The fraction of sp³-hybridized carbons (Fsp3) is 0.250. The fourth-order valence-electron chi connectivity index (χ4n) is 4.25. The molecule has 1 aromatic heterocycles. The summed E-state index contributed by atoms with van der Waals surface area (Å²) in [6.45, 7) is 8.47. The number of amides is 1. The lowest BCUT2D eigenvalue weighted by molar-refractivity contribution is -0.132. The van der Waals surface area contributed by atoms with Crippen LogP contribution < -0.4 is 9.64 Å². The number of ether oxygens (including phenoxy) is 1. The minimum absolute atomic E-state index is 0.0515. The zero-order valence-electron chi connectivity index (χ0n) is 19.8. The Morgan fingerprint density at radius 1 is 1.06 bits per heavy atom. The number of aryl methyl sites for hydroxylation is 1. The molecule has 0 spiro atoms. The number of pyridine rings is 1. The molecule has 1 atom stereocenters. The summed E-state index contributed by atoms with van der Waals surface area (Å²) in [6, 6.07) is 15.5. The van der Waals surface area contributed by atoms with Crippen LogP contribution in [0, 0.1) is 6.92 Å². The molecule has 6 nitrogen and oxygen atoms in total. The van der Waals surface area contributed by atoms with E-state index in [4.69, 9.17) is 4.74 Å². The molecule has 1 fully saturated rings. The summed E-state index contributed by atoms with van der Waals surface area (Å²) < 4.78 is 5.74. The highest BCUT2D eigenvalue weighted by Crippen LogP contribution is 2.42. The maximum Gasteiger partial charge on any atom is 0.300 e. The summed E-state index contributed by atoms with van der Waals surface area (Å²) in [5, 5.41) is 11.4. The normalized spacial score (nSPS) is 17.4. The highest BCUT2D eigenvalue weighted by molar-refractivity contribution is 6.51. The SMILES string of the molecule is CCOc1ccc(/C(O)=C2/C(=O)C(=O)N(c3ccc(C)cc3)C2c2ccncc2)cc1C(C)C. The predicted molar refractivity (Wildman–Crippen MR) is 132 cm³/mol. The molecule has 1 aliphatic rings. The van der Waals surface area contributed by atoms with Crippen LogP contribution in [0.3, 0.4) is 0 Å². The summed E-state index contributed by atoms with van der Waals surface area (Å²) in [7, 11) is 0. The van der Waals surface area contributed by atoms with Gasteiger partial charge in [-0.2, -0.15) is 0 Å². The molecule has 0 aliphatic carbocycles. The Bertz CT molecular complexity index is 1250. The monoisotopic (exact) mass is 456 g/mol. The van der Waals surface area contributed by atoms with E-state index in [1.165, 1.54) is 4.90 Å². The van der Waals surface area contributed by atoms with Gasteiger partial charge in [-0.3, -0.25) is 19.5 Å². The first-order valence-electron chi connectivity index (χ1n) is 11.4. The number of benzene rings is 2. The van der Waals surface area contributed by atoms with E-state index in [0.29, 0.717) is 23.4 Å². The second kappa shape index (κ2) is 9.51. The van der Waals surface area contributed by atoms with Crippen LogP contribution in [0.25, 0.3) is 5.76 Å². The smallest absolute Gasteiger partial charge is 0.300 e. The lowest BCUT2D eigenvalue weighted by atomic mass is 9.93. The summed E-state index contributed by atoms with van der Waals surface area (Å²) in [5.74, 6) is -0.734. The number of rotatable bonds is 6. The van der Waals surface area contributed by atoms with Crippen molar-refractivity contribution in [2.75, 3.05) is 11.5 Å². The third-order valence-corrected chi connectivity index (χ3v) is 5.98. The van der Waals surface area contributed by atoms with Gasteiger partial charge in [-0.15, -0.1) is 0 Å².